The van der Waals surface area contributed by atoms with E-state index in [-0.39, 0.29) is 0 Å². The number of aryl methyl sites for hydroxylation is 2. The number of phenols is 1. The highest BCUT2D eigenvalue weighted by molar-refractivity contribution is 5.38. The number of benzene rings is 2. The SMILES string of the molecule is Cc1c(O)cccc1CCc1ccccc1. The van der Waals surface area contributed by atoms with E-state index in [4.69, 9.17) is 0 Å². The second-order valence-electron chi connectivity index (χ2n) is 4.05. The van der Waals surface area contributed by atoms with E-state index >= 15 is 0 Å². The van der Waals surface area contributed by atoms with Crippen LogP contribution >= 0.6 is 0 Å². The Morgan fingerprint density at radius 3 is 2.38 bits per heavy atom. The Hall–Kier alpha value is -1.76. The molecule has 0 saturated heterocycles. The topological polar surface area (TPSA) is 20.2 Å². The normalized spacial score (nSPS) is 10.3. The highest BCUT2D eigenvalue weighted by Gasteiger charge is 2.02. The van der Waals surface area contributed by atoms with Crippen molar-refractivity contribution in [1.29, 1.82) is 0 Å². The van der Waals surface area contributed by atoms with Gasteiger partial charge in [0.1, 0.15) is 5.75 Å². The number of rotatable bonds is 3. The molecular weight excluding hydrogens is 196 g/mol. The minimum Gasteiger partial charge on any atom is -0.508 e. The van der Waals surface area contributed by atoms with Gasteiger partial charge in [0.15, 0.2) is 0 Å². The molecule has 0 radical (unpaired) electrons. The van der Waals surface area contributed by atoms with Gasteiger partial charge in [-0.15, -0.1) is 0 Å². The van der Waals surface area contributed by atoms with Crippen molar-refractivity contribution in [2.24, 2.45) is 0 Å². The monoisotopic (exact) mass is 212 g/mol. The van der Waals surface area contributed by atoms with E-state index in [1.54, 1.807) is 6.07 Å². The fourth-order valence-electron chi connectivity index (χ4n) is 1.86. The Morgan fingerprint density at radius 2 is 1.62 bits per heavy atom. The molecule has 0 aliphatic carbocycles. The van der Waals surface area contributed by atoms with Gasteiger partial charge in [0.05, 0.1) is 0 Å². The third kappa shape index (κ3) is 2.43. The van der Waals surface area contributed by atoms with Crippen LogP contribution in [0, 0.1) is 6.92 Å². The molecule has 0 bridgehead atoms. The molecule has 0 amide bonds. The van der Waals surface area contributed by atoms with Crippen molar-refractivity contribution in [3.8, 4) is 5.75 Å². The van der Waals surface area contributed by atoms with Gasteiger partial charge in [0.2, 0.25) is 0 Å². The van der Waals surface area contributed by atoms with Crippen LogP contribution < -0.4 is 0 Å². The molecule has 0 heterocycles. The second kappa shape index (κ2) is 4.84. The van der Waals surface area contributed by atoms with Crippen LogP contribution in [-0.4, -0.2) is 5.11 Å². The Labute approximate surface area is 96.4 Å². The lowest BCUT2D eigenvalue weighted by Crippen LogP contribution is -1.94. The quantitative estimate of drug-likeness (QED) is 0.825. The maximum Gasteiger partial charge on any atom is 0.118 e. The Kier molecular flexibility index (Phi) is 3.25. The number of aromatic hydroxyl groups is 1. The van der Waals surface area contributed by atoms with E-state index < -0.39 is 0 Å². The van der Waals surface area contributed by atoms with Crippen molar-refractivity contribution in [2.75, 3.05) is 0 Å². The number of hydrogen-bond donors (Lipinski definition) is 1. The molecule has 0 spiro atoms. The van der Waals surface area contributed by atoms with Crippen LogP contribution in [0.2, 0.25) is 0 Å². The molecule has 2 aromatic rings. The zero-order valence-electron chi connectivity index (χ0n) is 9.48. The molecular formula is C15H16O. The van der Waals surface area contributed by atoms with Crippen molar-refractivity contribution in [1.82, 2.24) is 0 Å². The lowest BCUT2D eigenvalue weighted by atomic mass is 10.00. The minimum absolute atomic E-state index is 0.394. The van der Waals surface area contributed by atoms with Crippen LogP contribution in [0.3, 0.4) is 0 Å². The van der Waals surface area contributed by atoms with Gasteiger partial charge >= 0.3 is 0 Å². The summed E-state index contributed by atoms with van der Waals surface area (Å²) in [5.74, 6) is 0.394. The maximum atomic E-state index is 9.60. The molecule has 1 N–H and O–H groups in total. The summed E-state index contributed by atoms with van der Waals surface area (Å²) in [5.41, 5.74) is 3.56. The van der Waals surface area contributed by atoms with Crippen molar-refractivity contribution in [3.05, 3.63) is 65.2 Å². The lowest BCUT2D eigenvalue weighted by molar-refractivity contribution is 0.470. The van der Waals surface area contributed by atoms with Gasteiger partial charge in [-0.05, 0) is 42.5 Å². The molecule has 16 heavy (non-hydrogen) atoms. The molecule has 2 rings (SSSR count). The molecule has 82 valence electrons. The van der Waals surface area contributed by atoms with Crippen LogP contribution in [0.4, 0.5) is 0 Å². The molecule has 0 aliphatic rings. The first-order chi connectivity index (χ1) is 7.77. The first kappa shape index (κ1) is 10.7. The third-order valence-corrected chi connectivity index (χ3v) is 2.94. The summed E-state index contributed by atoms with van der Waals surface area (Å²) in [4.78, 5) is 0. The van der Waals surface area contributed by atoms with Crippen molar-refractivity contribution < 1.29 is 5.11 Å². The van der Waals surface area contributed by atoms with Gasteiger partial charge in [-0.2, -0.15) is 0 Å². The Morgan fingerprint density at radius 1 is 0.875 bits per heavy atom. The first-order valence-electron chi connectivity index (χ1n) is 5.59. The molecule has 0 aromatic heterocycles. The largest absolute Gasteiger partial charge is 0.508 e. The molecule has 0 fully saturated rings. The fraction of sp³-hybridized carbons (Fsp3) is 0.200. The fourth-order valence-corrected chi connectivity index (χ4v) is 1.86. The van der Waals surface area contributed by atoms with Gasteiger partial charge in [0, 0.05) is 0 Å². The molecule has 0 aliphatic heterocycles. The Bertz CT molecular complexity index is 460. The Balaban J connectivity index is 2.08. The smallest absolute Gasteiger partial charge is 0.118 e. The predicted octanol–water partition coefficient (Wildman–Crippen LogP) is 3.49. The van der Waals surface area contributed by atoms with Gasteiger partial charge in [0.25, 0.3) is 0 Å². The van der Waals surface area contributed by atoms with Crippen LogP contribution in [0.15, 0.2) is 48.5 Å². The summed E-state index contributed by atoms with van der Waals surface area (Å²) in [6.07, 6.45) is 2.00. The lowest BCUT2D eigenvalue weighted by Gasteiger charge is -2.07. The summed E-state index contributed by atoms with van der Waals surface area (Å²) in [6, 6.07) is 16.1. The third-order valence-electron chi connectivity index (χ3n) is 2.94. The summed E-state index contributed by atoms with van der Waals surface area (Å²) in [6.45, 7) is 1.97. The van der Waals surface area contributed by atoms with Crippen LogP contribution in [0.1, 0.15) is 16.7 Å². The molecule has 0 atom stereocenters. The first-order valence-corrected chi connectivity index (χ1v) is 5.59. The van der Waals surface area contributed by atoms with Crippen molar-refractivity contribution >= 4 is 0 Å². The number of phenolic OH excluding ortho intramolecular Hbond substituents is 1. The molecule has 1 nitrogen and oxygen atoms in total. The summed E-state index contributed by atoms with van der Waals surface area (Å²) in [5, 5.41) is 9.60. The second-order valence-corrected chi connectivity index (χ2v) is 4.05. The molecule has 2 aromatic carbocycles. The van der Waals surface area contributed by atoms with Gasteiger partial charge in [-0.3, -0.25) is 0 Å². The van der Waals surface area contributed by atoms with Gasteiger partial charge < -0.3 is 5.11 Å². The summed E-state index contributed by atoms with van der Waals surface area (Å²) >= 11 is 0. The number of hydrogen-bond acceptors (Lipinski definition) is 1. The van der Waals surface area contributed by atoms with E-state index in [0.717, 1.165) is 18.4 Å². The van der Waals surface area contributed by atoms with E-state index in [1.165, 1.54) is 11.1 Å². The maximum absolute atomic E-state index is 9.60. The van der Waals surface area contributed by atoms with Gasteiger partial charge in [-0.25, -0.2) is 0 Å². The van der Waals surface area contributed by atoms with Crippen molar-refractivity contribution in [2.45, 2.75) is 19.8 Å². The van der Waals surface area contributed by atoms with Crippen LogP contribution in [0.25, 0.3) is 0 Å². The molecule has 1 heteroatoms. The van der Waals surface area contributed by atoms with E-state index in [1.807, 2.05) is 19.1 Å². The zero-order valence-corrected chi connectivity index (χ0v) is 9.48. The zero-order chi connectivity index (χ0) is 11.4. The summed E-state index contributed by atoms with van der Waals surface area (Å²) < 4.78 is 0. The summed E-state index contributed by atoms with van der Waals surface area (Å²) in [7, 11) is 0. The van der Waals surface area contributed by atoms with Crippen LogP contribution in [-0.2, 0) is 12.8 Å². The van der Waals surface area contributed by atoms with E-state index in [9.17, 15) is 5.11 Å². The standard InChI is InChI=1S/C15H16O/c1-12-14(8-5-9-15(12)16)11-10-13-6-3-2-4-7-13/h2-9,16H,10-11H2,1H3. The average Bonchev–Trinajstić information content (AvgIpc) is 2.32. The molecule has 0 saturated carbocycles. The minimum atomic E-state index is 0.394. The van der Waals surface area contributed by atoms with Crippen molar-refractivity contribution in [3.63, 3.8) is 0 Å². The predicted molar refractivity (Wildman–Crippen MR) is 66.7 cm³/mol. The average molecular weight is 212 g/mol. The highest BCUT2D eigenvalue weighted by Crippen LogP contribution is 2.20. The molecule has 0 unspecified atom stereocenters. The van der Waals surface area contributed by atoms with E-state index in [0.29, 0.717) is 5.75 Å². The van der Waals surface area contributed by atoms with E-state index in [2.05, 4.69) is 30.3 Å². The van der Waals surface area contributed by atoms with Crippen LogP contribution in [0.5, 0.6) is 5.75 Å². The highest BCUT2D eigenvalue weighted by atomic mass is 16.3. The van der Waals surface area contributed by atoms with Gasteiger partial charge in [-0.1, -0.05) is 42.5 Å².